The van der Waals surface area contributed by atoms with Gasteiger partial charge < -0.3 is 10.5 Å². The Kier molecular flexibility index (Phi) is 3.38. The first-order valence-electron chi connectivity index (χ1n) is 3.70. The van der Waals surface area contributed by atoms with Crippen molar-refractivity contribution in [3.63, 3.8) is 0 Å². The van der Waals surface area contributed by atoms with Crippen LogP contribution >= 0.6 is 11.6 Å². The topological polar surface area (TPSA) is 65.2 Å². The molecule has 14 heavy (non-hydrogen) atoms. The minimum atomic E-state index is -1.20. The number of pyridine rings is 1. The number of nitrogens with two attached hydrogens (primary N) is 1. The maximum atomic E-state index is 13.1. The molecule has 1 heterocycles. The first kappa shape index (κ1) is 10.9. The van der Waals surface area contributed by atoms with Crippen molar-refractivity contribution in [3.8, 4) is 0 Å². The van der Waals surface area contributed by atoms with Crippen LogP contribution in [0.3, 0.4) is 0 Å². The van der Waals surface area contributed by atoms with Gasteiger partial charge in [0.1, 0.15) is 6.04 Å². The Hall–Kier alpha value is -1.20. The van der Waals surface area contributed by atoms with Crippen LogP contribution in [0.1, 0.15) is 11.6 Å². The highest BCUT2D eigenvalue weighted by molar-refractivity contribution is 6.30. The van der Waals surface area contributed by atoms with Crippen molar-refractivity contribution in [2.45, 2.75) is 6.04 Å². The summed E-state index contributed by atoms with van der Waals surface area (Å²) in [6.07, 6.45) is 1.13. The van der Waals surface area contributed by atoms with Crippen molar-refractivity contribution in [3.05, 3.63) is 28.8 Å². The predicted molar refractivity (Wildman–Crippen MR) is 48.1 cm³/mol. The number of carbonyl (C=O) groups excluding carboxylic acids is 1. The summed E-state index contributed by atoms with van der Waals surface area (Å²) in [5, 5.41) is 0.209. The lowest BCUT2D eigenvalue weighted by Gasteiger charge is -2.09. The van der Waals surface area contributed by atoms with Gasteiger partial charge in [0.25, 0.3) is 0 Å². The van der Waals surface area contributed by atoms with Gasteiger partial charge in [0.2, 0.25) is 5.95 Å². The number of hydrogen-bond acceptors (Lipinski definition) is 4. The van der Waals surface area contributed by atoms with Crippen molar-refractivity contribution in [1.29, 1.82) is 0 Å². The molecule has 0 fully saturated rings. The van der Waals surface area contributed by atoms with E-state index >= 15 is 0 Å². The van der Waals surface area contributed by atoms with Gasteiger partial charge in [-0.1, -0.05) is 11.6 Å². The second-order valence-electron chi connectivity index (χ2n) is 2.53. The molecule has 0 saturated heterocycles. The Labute approximate surface area is 84.8 Å². The fraction of sp³-hybridized carbons (Fsp3) is 0.250. The molecule has 1 aromatic rings. The van der Waals surface area contributed by atoms with Gasteiger partial charge in [-0.2, -0.15) is 4.39 Å². The lowest BCUT2D eigenvalue weighted by atomic mass is 10.1. The first-order valence-corrected chi connectivity index (χ1v) is 4.08. The maximum Gasteiger partial charge on any atom is 0.327 e. The fourth-order valence-electron chi connectivity index (χ4n) is 0.910. The van der Waals surface area contributed by atoms with E-state index in [4.69, 9.17) is 17.3 Å². The Morgan fingerprint density at radius 3 is 3.00 bits per heavy atom. The molecule has 0 spiro atoms. The number of rotatable bonds is 2. The second kappa shape index (κ2) is 4.34. The molecule has 0 saturated carbocycles. The monoisotopic (exact) mass is 218 g/mol. The van der Waals surface area contributed by atoms with Crippen LogP contribution in [-0.4, -0.2) is 18.1 Å². The molecular formula is C8H8ClFN2O2. The molecule has 1 unspecified atom stereocenters. The van der Waals surface area contributed by atoms with Gasteiger partial charge in [-0.25, -0.2) is 4.98 Å². The van der Waals surface area contributed by atoms with Crippen molar-refractivity contribution in [2.24, 2.45) is 5.73 Å². The molecular weight excluding hydrogens is 211 g/mol. The highest BCUT2D eigenvalue weighted by atomic mass is 35.5. The Morgan fingerprint density at radius 2 is 2.43 bits per heavy atom. The van der Waals surface area contributed by atoms with Crippen LogP contribution in [0.15, 0.2) is 12.3 Å². The van der Waals surface area contributed by atoms with E-state index in [1.54, 1.807) is 0 Å². The Bertz CT molecular complexity index is 359. The number of esters is 1. The Morgan fingerprint density at radius 1 is 1.79 bits per heavy atom. The van der Waals surface area contributed by atoms with Crippen LogP contribution in [-0.2, 0) is 9.53 Å². The van der Waals surface area contributed by atoms with E-state index < -0.39 is 18.0 Å². The molecule has 0 amide bonds. The molecule has 1 atom stereocenters. The van der Waals surface area contributed by atoms with E-state index in [2.05, 4.69) is 9.72 Å². The zero-order chi connectivity index (χ0) is 10.7. The lowest BCUT2D eigenvalue weighted by Crippen LogP contribution is -2.24. The molecule has 0 radical (unpaired) electrons. The van der Waals surface area contributed by atoms with Crippen LogP contribution in [0.2, 0.25) is 5.02 Å². The van der Waals surface area contributed by atoms with Gasteiger partial charge in [0.05, 0.1) is 12.1 Å². The summed E-state index contributed by atoms with van der Waals surface area (Å²) in [6.45, 7) is 0. The Balaban J connectivity index is 3.05. The molecule has 2 N–H and O–H groups in total. The number of halogens is 2. The number of ether oxygens (including phenoxy) is 1. The third-order valence-corrected chi connectivity index (χ3v) is 1.83. The van der Waals surface area contributed by atoms with E-state index in [9.17, 15) is 9.18 Å². The lowest BCUT2D eigenvalue weighted by molar-refractivity contribution is -0.142. The average molecular weight is 219 g/mol. The van der Waals surface area contributed by atoms with E-state index in [0.717, 1.165) is 13.3 Å². The number of carbonyl (C=O) groups is 1. The summed E-state index contributed by atoms with van der Waals surface area (Å²) >= 11 is 5.57. The zero-order valence-electron chi connectivity index (χ0n) is 7.33. The third kappa shape index (κ3) is 2.18. The van der Waals surface area contributed by atoms with Crippen LogP contribution in [0, 0.1) is 5.95 Å². The minimum absolute atomic E-state index is 0.0793. The van der Waals surface area contributed by atoms with Gasteiger partial charge in [-0.15, -0.1) is 0 Å². The van der Waals surface area contributed by atoms with Crippen molar-refractivity contribution in [2.75, 3.05) is 7.11 Å². The average Bonchev–Trinajstić information content (AvgIpc) is 2.19. The summed E-state index contributed by atoms with van der Waals surface area (Å²) in [7, 11) is 1.16. The molecule has 4 nitrogen and oxygen atoms in total. The fourth-order valence-corrected chi connectivity index (χ4v) is 1.08. The highest BCUT2D eigenvalue weighted by Gasteiger charge is 2.20. The van der Waals surface area contributed by atoms with Gasteiger partial charge in [0, 0.05) is 11.8 Å². The maximum absolute atomic E-state index is 13.1. The van der Waals surface area contributed by atoms with Crippen LogP contribution in [0.5, 0.6) is 0 Å². The van der Waals surface area contributed by atoms with E-state index in [1.165, 1.54) is 6.07 Å². The summed E-state index contributed by atoms with van der Waals surface area (Å²) < 4.78 is 17.4. The molecule has 0 aromatic carbocycles. The van der Waals surface area contributed by atoms with E-state index in [0.29, 0.717) is 0 Å². The molecule has 0 aliphatic heterocycles. The van der Waals surface area contributed by atoms with Gasteiger partial charge in [0.15, 0.2) is 0 Å². The molecule has 1 rings (SSSR count). The molecule has 6 heteroatoms. The highest BCUT2D eigenvalue weighted by Crippen LogP contribution is 2.18. The number of hydrogen-bond donors (Lipinski definition) is 1. The molecule has 76 valence electrons. The van der Waals surface area contributed by atoms with Crippen molar-refractivity contribution < 1.29 is 13.9 Å². The summed E-state index contributed by atoms with van der Waals surface area (Å²) in [4.78, 5) is 14.3. The van der Waals surface area contributed by atoms with Crippen molar-refractivity contribution in [1.82, 2.24) is 4.98 Å². The second-order valence-corrected chi connectivity index (χ2v) is 2.97. The van der Waals surface area contributed by atoms with Crippen LogP contribution in [0.4, 0.5) is 4.39 Å². The molecule has 0 bridgehead atoms. The summed E-state index contributed by atoms with van der Waals surface area (Å²) in [5.74, 6) is -1.57. The SMILES string of the molecule is COC(=O)C(N)c1cc(Cl)cnc1F. The first-order chi connectivity index (χ1) is 6.56. The normalized spacial score (nSPS) is 12.3. The van der Waals surface area contributed by atoms with Gasteiger partial charge in [-0.3, -0.25) is 4.79 Å². The molecule has 1 aromatic heterocycles. The zero-order valence-corrected chi connectivity index (χ0v) is 8.08. The third-order valence-electron chi connectivity index (χ3n) is 1.62. The van der Waals surface area contributed by atoms with Gasteiger partial charge in [-0.05, 0) is 6.07 Å². The van der Waals surface area contributed by atoms with E-state index in [-0.39, 0.29) is 10.6 Å². The summed E-state index contributed by atoms with van der Waals surface area (Å²) in [5.41, 5.74) is 5.33. The van der Waals surface area contributed by atoms with Gasteiger partial charge >= 0.3 is 5.97 Å². The quantitative estimate of drug-likeness (QED) is 0.595. The van der Waals surface area contributed by atoms with E-state index in [1.807, 2.05) is 0 Å². The van der Waals surface area contributed by atoms with Crippen LogP contribution < -0.4 is 5.73 Å². The van der Waals surface area contributed by atoms with Crippen molar-refractivity contribution >= 4 is 17.6 Å². The van der Waals surface area contributed by atoms with Crippen LogP contribution in [0.25, 0.3) is 0 Å². The smallest absolute Gasteiger partial charge is 0.327 e. The standard InChI is InChI=1S/C8H8ClFN2O2/c1-14-8(13)6(11)5-2-4(9)3-12-7(5)10/h2-3,6H,11H2,1H3. The largest absolute Gasteiger partial charge is 0.468 e. The summed E-state index contributed by atoms with van der Waals surface area (Å²) in [6, 6.07) is 0.0390. The number of methoxy groups -OCH3 is 1. The molecule has 0 aliphatic rings. The number of aromatic nitrogens is 1. The number of nitrogens with zero attached hydrogens (tertiary/aromatic N) is 1. The minimum Gasteiger partial charge on any atom is -0.468 e. The molecule has 0 aliphatic carbocycles. The predicted octanol–water partition coefficient (Wildman–Crippen LogP) is 1.05.